The Morgan fingerprint density at radius 1 is 1.18 bits per heavy atom. The van der Waals surface area contributed by atoms with Crippen LogP contribution in [0.3, 0.4) is 0 Å². The zero-order chi connectivity index (χ0) is 12.6. The summed E-state index contributed by atoms with van der Waals surface area (Å²) in [4.78, 5) is 0. The summed E-state index contributed by atoms with van der Waals surface area (Å²) in [6.07, 6.45) is 1.52. The van der Waals surface area contributed by atoms with Crippen molar-refractivity contribution in [1.82, 2.24) is 0 Å². The molecule has 2 unspecified atom stereocenters. The molecule has 1 aromatic rings. The van der Waals surface area contributed by atoms with E-state index in [-0.39, 0.29) is 6.10 Å². The summed E-state index contributed by atoms with van der Waals surface area (Å²) in [6, 6.07) is 4.31. The number of aliphatic hydroxyl groups is 1. The lowest BCUT2D eigenvalue weighted by Gasteiger charge is -2.37. The van der Waals surface area contributed by atoms with Crippen molar-refractivity contribution in [3.8, 4) is 0 Å². The van der Waals surface area contributed by atoms with Gasteiger partial charge in [-0.15, -0.1) is 0 Å². The van der Waals surface area contributed by atoms with Gasteiger partial charge in [-0.25, -0.2) is 0 Å². The van der Waals surface area contributed by atoms with Crippen molar-refractivity contribution in [1.29, 1.82) is 0 Å². The Morgan fingerprint density at radius 2 is 1.82 bits per heavy atom. The molecule has 1 aromatic carbocycles. The Bertz CT molecular complexity index is 425. The third kappa shape index (κ3) is 2.38. The first kappa shape index (κ1) is 12.6. The highest BCUT2D eigenvalue weighted by Gasteiger charge is 2.36. The number of hydrogen-bond donors (Lipinski definition) is 1. The minimum absolute atomic E-state index is 0.134. The first-order chi connectivity index (χ1) is 7.92. The SMILES string of the molecule is Cc1cc(C)c(C2(O)CCOC(C)C2)cc1C. The Morgan fingerprint density at radius 3 is 2.47 bits per heavy atom. The molecule has 2 atom stereocenters. The minimum atomic E-state index is -0.708. The highest BCUT2D eigenvalue weighted by atomic mass is 16.5. The fourth-order valence-corrected chi connectivity index (χ4v) is 2.77. The molecular weight excluding hydrogens is 212 g/mol. The average molecular weight is 234 g/mol. The van der Waals surface area contributed by atoms with E-state index in [9.17, 15) is 5.11 Å². The van der Waals surface area contributed by atoms with Crippen molar-refractivity contribution in [2.45, 2.75) is 52.2 Å². The highest BCUT2D eigenvalue weighted by molar-refractivity contribution is 5.40. The van der Waals surface area contributed by atoms with Crippen LogP contribution in [0.5, 0.6) is 0 Å². The van der Waals surface area contributed by atoms with Gasteiger partial charge in [0.05, 0.1) is 18.3 Å². The lowest BCUT2D eigenvalue weighted by atomic mass is 9.80. The second-order valence-corrected chi connectivity index (χ2v) is 5.42. The lowest BCUT2D eigenvalue weighted by Crippen LogP contribution is -2.38. The van der Waals surface area contributed by atoms with Crippen LogP contribution in [0.15, 0.2) is 12.1 Å². The maximum atomic E-state index is 10.8. The van der Waals surface area contributed by atoms with E-state index >= 15 is 0 Å². The van der Waals surface area contributed by atoms with Gasteiger partial charge in [0.2, 0.25) is 0 Å². The van der Waals surface area contributed by atoms with Gasteiger partial charge in [0.15, 0.2) is 0 Å². The van der Waals surface area contributed by atoms with Gasteiger partial charge in [-0.2, -0.15) is 0 Å². The summed E-state index contributed by atoms with van der Waals surface area (Å²) in [6.45, 7) is 8.97. The summed E-state index contributed by atoms with van der Waals surface area (Å²) in [7, 11) is 0. The molecule has 0 saturated carbocycles. The van der Waals surface area contributed by atoms with Gasteiger partial charge in [-0.05, 0) is 49.9 Å². The number of benzene rings is 1. The van der Waals surface area contributed by atoms with Gasteiger partial charge in [0.1, 0.15) is 0 Å². The molecule has 0 spiro atoms. The maximum absolute atomic E-state index is 10.8. The summed E-state index contributed by atoms with van der Waals surface area (Å²) < 4.78 is 5.53. The van der Waals surface area contributed by atoms with Crippen molar-refractivity contribution in [2.24, 2.45) is 0 Å². The van der Waals surface area contributed by atoms with Crippen LogP contribution in [-0.2, 0) is 10.3 Å². The molecule has 2 rings (SSSR count). The van der Waals surface area contributed by atoms with Crippen molar-refractivity contribution < 1.29 is 9.84 Å². The number of hydrogen-bond acceptors (Lipinski definition) is 2. The van der Waals surface area contributed by atoms with Crippen LogP contribution in [0, 0.1) is 20.8 Å². The maximum Gasteiger partial charge on any atom is 0.0945 e. The van der Waals surface area contributed by atoms with Gasteiger partial charge >= 0.3 is 0 Å². The van der Waals surface area contributed by atoms with Crippen LogP contribution in [0.4, 0.5) is 0 Å². The molecule has 2 heteroatoms. The zero-order valence-electron chi connectivity index (χ0n) is 11.2. The van der Waals surface area contributed by atoms with Gasteiger partial charge in [0.25, 0.3) is 0 Å². The van der Waals surface area contributed by atoms with E-state index in [0.717, 1.165) is 5.56 Å². The normalized spacial score (nSPS) is 29.4. The number of aryl methyl sites for hydroxylation is 3. The van der Waals surface area contributed by atoms with Crippen LogP contribution < -0.4 is 0 Å². The number of rotatable bonds is 1. The molecule has 0 aliphatic carbocycles. The second-order valence-electron chi connectivity index (χ2n) is 5.42. The molecule has 1 saturated heterocycles. The summed E-state index contributed by atoms with van der Waals surface area (Å²) in [5, 5.41) is 10.8. The van der Waals surface area contributed by atoms with E-state index in [1.54, 1.807) is 0 Å². The van der Waals surface area contributed by atoms with E-state index in [1.165, 1.54) is 16.7 Å². The standard InChI is InChI=1S/C15H22O2/c1-10-7-12(3)14(8-11(10)2)15(16)5-6-17-13(4)9-15/h7-8,13,16H,5-6,9H2,1-4H3. The molecular formula is C15H22O2. The summed E-state index contributed by atoms with van der Waals surface area (Å²) in [5.41, 5.74) is 4.09. The monoisotopic (exact) mass is 234 g/mol. The predicted octanol–water partition coefficient (Wildman–Crippen LogP) is 3.00. The molecule has 2 nitrogen and oxygen atoms in total. The Balaban J connectivity index is 2.41. The molecule has 1 heterocycles. The summed E-state index contributed by atoms with van der Waals surface area (Å²) in [5.74, 6) is 0. The average Bonchev–Trinajstić information content (AvgIpc) is 2.23. The van der Waals surface area contributed by atoms with Crippen molar-refractivity contribution in [3.05, 3.63) is 34.4 Å². The van der Waals surface area contributed by atoms with Gasteiger partial charge in [-0.3, -0.25) is 0 Å². The largest absolute Gasteiger partial charge is 0.385 e. The zero-order valence-corrected chi connectivity index (χ0v) is 11.2. The van der Waals surface area contributed by atoms with Crippen molar-refractivity contribution in [3.63, 3.8) is 0 Å². The Hall–Kier alpha value is -0.860. The molecule has 1 aliphatic rings. The van der Waals surface area contributed by atoms with Crippen molar-refractivity contribution >= 4 is 0 Å². The third-order valence-electron chi connectivity index (χ3n) is 3.89. The topological polar surface area (TPSA) is 29.5 Å². The minimum Gasteiger partial charge on any atom is -0.385 e. The van der Waals surface area contributed by atoms with Gasteiger partial charge < -0.3 is 9.84 Å². The fraction of sp³-hybridized carbons (Fsp3) is 0.600. The summed E-state index contributed by atoms with van der Waals surface area (Å²) >= 11 is 0. The van der Waals surface area contributed by atoms with Crippen LogP contribution in [0.2, 0.25) is 0 Å². The van der Waals surface area contributed by atoms with E-state index < -0.39 is 5.60 Å². The van der Waals surface area contributed by atoms with Crippen molar-refractivity contribution in [2.75, 3.05) is 6.61 Å². The van der Waals surface area contributed by atoms with Crippen LogP contribution in [0.1, 0.15) is 42.0 Å². The molecule has 94 valence electrons. The first-order valence-electron chi connectivity index (χ1n) is 6.35. The molecule has 0 amide bonds. The van der Waals surface area contributed by atoms with E-state index in [4.69, 9.17) is 4.74 Å². The van der Waals surface area contributed by atoms with E-state index in [2.05, 4.69) is 32.9 Å². The lowest BCUT2D eigenvalue weighted by molar-refractivity contribution is -0.102. The van der Waals surface area contributed by atoms with Crippen LogP contribution in [0.25, 0.3) is 0 Å². The number of ether oxygens (including phenoxy) is 1. The second kappa shape index (κ2) is 4.43. The van der Waals surface area contributed by atoms with Gasteiger partial charge in [-0.1, -0.05) is 12.1 Å². The third-order valence-corrected chi connectivity index (χ3v) is 3.89. The Labute approximate surface area is 104 Å². The van der Waals surface area contributed by atoms with E-state index in [1.807, 2.05) is 6.92 Å². The van der Waals surface area contributed by atoms with Crippen LogP contribution >= 0.6 is 0 Å². The fourth-order valence-electron chi connectivity index (χ4n) is 2.77. The van der Waals surface area contributed by atoms with E-state index in [0.29, 0.717) is 19.4 Å². The first-order valence-corrected chi connectivity index (χ1v) is 6.35. The Kier molecular flexibility index (Phi) is 3.28. The smallest absolute Gasteiger partial charge is 0.0945 e. The predicted molar refractivity (Wildman–Crippen MR) is 69.2 cm³/mol. The molecule has 0 radical (unpaired) electrons. The molecule has 0 aromatic heterocycles. The van der Waals surface area contributed by atoms with Gasteiger partial charge in [0, 0.05) is 12.8 Å². The molecule has 0 bridgehead atoms. The van der Waals surface area contributed by atoms with Crippen LogP contribution in [-0.4, -0.2) is 17.8 Å². The molecule has 1 fully saturated rings. The molecule has 1 N–H and O–H groups in total. The molecule has 1 aliphatic heterocycles. The quantitative estimate of drug-likeness (QED) is 0.809. The molecule has 17 heavy (non-hydrogen) atoms. The highest BCUT2D eigenvalue weighted by Crippen LogP contribution is 2.37.